The predicted molar refractivity (Wildman–Crippen MR) is 113 cm³/mol. The number of fused-ring (bicyclic) bond motifs is 2. The van der Waals surface area contributed by atoms with E-state index in [1.54, 1.807) is 0 Å². The van der Waals surface area contributed by atoms with Crippen LogP contribution in [0.4, 0.5) is 0 Å². The number of hydrogen-bond donors (Lipinski definition) is 0. The molecular formula is C24H27N3O. The summed E-state index contributed by atoms with van der Waals surface area (Å²) in [7, 11) is 0. The second kappa shape index (κ2) is 7.01. The molecule has 0 radical (unpaired) electrons. The van der Waals surface area contributed by atoms with E-state index in [9.17, 15) is 4.79 Å². The number of benzene rings is 2. The molecule has 1 aromatic heterocycles. The molecule has 1 aliphatic heterocycles. The van der Waals surface area contributed by atoms with Gasteiger partial charge in [0.1, 0.15) is 0 Å². The first-order valence-electron chi connectivity index (χ1n) is 10.0. The van der Waals surface area contributed by atoms with Gasteiger partial charge in [-0.3, -0.25) is 4.79 Å². The Morgan fingerprint density at radius 2 is 1.71 bits per heavy atom. The van der Waals surface area contributed by atoms with E-state index >= 15 is 0 Å². The van der Waals surface area contributed by atoms with Crippen molar-refractivity contribution in [1.82, 2.24) is 14.9 Å². The number of aryl methyl sites for hydroxylation is 3. The molecule has 28 heavy (non-hydrogen) atoms. The molecule has 1 aliphatic rings. The van der Waals surface area contributed by atoms with E-state index in [0.717, 1.165) is 35.4 Å². The van der Waals surface area contributed by atoms with Gasteiger partial charge < -0.3 is 4.90 Å². The number of carbonyl (C=O) groups excluding carboxylic acids is 1. The first-order valence-corrected chi connectivity index (χ1v) is 10.0. The largest absolute Gasteiger partial charge is 0.331 e. The van der Waals surface area contributed by atoms with Gasteiger partial charge in [0.05, 0.1) is 28.5 Å². The third-order valence-corrected chi connectivity index (χ3v) is 5.79. The van der Waals surface area contributed by atoms with E-state index in [0.29, 0.717) is 11.5 Å². The number of hydrogen-bond acceptors (Lipinski definition) is 3. The standard InChI is InChI=1S/C24H27N3O/c1-14(2)23-20-8-6-15(3)12-18(20)10-11-27(23)24(28)19-7-9-21-22(13-19)26-17(5)16(4)25-21/h6-9,12-14,23H,10-11H2,1-5H3. The average molecular weight is 374 g/mol. The van der Waals surface area contributed by atoms with Crippen LogP contribution in [0.25, 0.3) is 11.0 Å². The Bertz CT molecular complexity index is 1070. The molecular weight excluding hydrogens is 346 g/mol. The van der Waals surface area contributed by atoms with Crippen molar-refractivity contribution in [3.8, 4) is 0 Å². The zero-order valence-electron chi connectivity index (χ0n) is 17.3. The Morgan fingerprint density at radius 1 is 1.00 bits per heavy atom. The van der Waals surface area contributed by atoms with Gasteiger partial charge in [-0.1, -0.05) is 37.6 Å². The van der Waals surface area contributed by atoms with Crippen LogP contribution in [0.15, 0.2) is 36.4 Å². The third kappa shape index (κ3) is 3.17. The zero-order valence-corrected chi connectivity index (χ0v) is 17.3. The minimum absolute atomic E-state index is 0.0758. The summed E-state index contributed by atoms with van der Waals surface area (Å²) in [5, 5.41) is 0. The van der Waals surface area contributed by atoms with E-state index in [2.05, 4.69) is 48.9 Å². The van der Waals surface area contributed by atoms with E-state index < -0.39 is 0 Å². The van der Waals surface area contributed by atoms with E-state index in [4.69, 9.17) is 0 Å². The number of carbonyl (C=O) groups is 1. The van der Waals surface area contributed by atoms with Crippen LogP contribution in [-0.4, -0.2) is 27.3 Å². The maximum Gasteiger partial charge on any atom is 0.254 e. The number of aromatic nitrogens is 2. The second-order valence-corrected chi connectivity index (χ2v) is 8.24. The Kier molecular flexibility index (Phi) is 4.66. The molecule has 1 amide bonds. The minimum atomic E-state index is 0.0758. The fourth-order valence-electron chi connectivity index (χ4n) is 4.26. The van der Waals surface area contributed by atoms with Gasteiger partial charge in [0.2, 0.25) is 0 Å². The van der Waals surface area contributed by atoms with Crippen LogP contribution < -0.4 is 0 Å². The summed E-state index contributed by atoms with van der Waals surface area (Å²) in [4.78, 5) is 24.7. The van der Waals surface area contributed by atoms with Gasteiger partial charge in [-0.05, 0) is 62.4 Å². The molecule has 0 saturated heterocycles. The van der Waals surface area contributed by atoms with Crippen LogP contribution in [0.1, 0.15) is 58.3 Å². The van der Waals surface area contributed by atoms with Crippen molar-refractivity contribution in [2.24, 2.45) is 5.92 Å². The Hall–Kier alpha value is -2.75. The highest BCUT2D eigenvalue weighted by atomic mass is 16.2. The van der Waals surface area contributed by atoms with Crippen molar-refractivity contribution < 1.29 is 4.79 Å². The van der Waals surface area contributed by atoms with Gasteiger partial charge in [0, 0.05) is 12.1 Å². The maximum absolute atomic E-state index is 13.5. The number of amides is 1. The fourth-order valence-corrected chi connectivity index (χ4v) is 4.26. The third-order valence-electron chi connectivity index (χ3n) is 5.79. The molecule has 1 unspecified atom stereocenters. The van der Waals surface area contributed by atoms with E-state index in [-0.39, 0.29) is 11.9 Å². The lowest BCUT2D eigenvalue weighted by molar-refractivity contribution is 0.0603. The van der Waals surface area contributed by atoms with Crippen molar-refractivity contribution in [2.45, 2.75) is 47.1 Å². The van der Waals surface area contributed by atoms with E-state index in [1.165, 1.54) is 16.7 Å². The molecule has 4 nitrogen and oxygen atoms in total. The van der Waals surface area contributed by atoms with Gasteiger partial charge >= 0.3 is 0 Å². The summed E-state index contributed by atoms with van der Waals surface area (Å²) in [5.74, 6) is 0.419. The molecule has 0 saturated carbocycles. The van der Waals surface area contributed by atoms with Crippen molar-refractivity contribution in [1.29, 1.82) is 0 Å². The molecule has 0 bridgehead atoms. The quantitative estimate of drug-likeness (QED) is 0.638. The van der Waals surface area contributed by atoms with Gasteiger partial charge in [-0.15, -0.1) is 0 Å². The van der Waals surface area contributed by atoms with Crippen LogP contribution >= 0.6 is 0 Å². The molecule has 3 aromatic rings. The Morgan fingerprint density at radius 3 is 2.43 bits per heavy atom. The molecule has 1 atom stereocenters. The summed E-state index contributed by atoms with van der Waals surface area (Å²) < 4.78 is 0. The SMILES string of the molecule is Cc1ccc2c(c1)CCN(C(=O)c1ccc3nc(C)c(C)nc3c1)C2C(C)C. The topological polar surface area (TPSA) is 46.1 Å². The van der Waals surface area contributed by atoms with Gasteiger partial charge in [-0.25, -0.2) is 9.97 Å². The molecule has 0 N–H and O–H groups in total. The van der Waals surface area contributed by atoms with Gasteiger partial charge in [0.15, 0.2) is 0 Å². The lowest BCUT2D eigenvalue weighted by Crippen LogP contribution is -2.42. The van der Waals surface area contributed by atoms with Crippen molar-refractivity contribution in [3.05, 3.63) is 70.0 Å². The van der Waals surface area contributed by atoms with Gasteiger partial charge in [0.25, 0.3) is 5.91 Å². The minimum Gasteiger partial charge on any atom is -0.331 e. The molecule has 0 spiro atoms. The molecule has 0 fully saturated rings. The molecule has 4 rings (SSSR count). The predicted octanol–water partition coefficient (Wildman–Crippen LogP) is 4.95. The van der Waals surface area contributed by atoms with Crippen LogP contribution in [0.2, 0.25) is 0 Å². The van der Waals surface area contributed by atoms with Gasteiger partial charge in [-0.2, -0.15) is 0 Å². The van der Waals surface area contributed by atoms with E-state index in [1.807, 2.05) is 36.9 Å². The molecule has 2 aromatic carbocycles. The highest BCUT2D eigenvalue weighted by Gasteiger charge is 2.33. The highest BCUT2D eigenvalue weighted by molar-refractivity contribution is 5.97. The van der Waals surface area contributed by atoms with Crippen LogP contribution in [0.5, 0.6) is 0 Å². The van der Waals surface area contributed by atoms with Crippen molar-refractivity contribution in [3.63, 3.8) is 0 Å². The normalized spacial score (nSPS) is 16.5. The van der Waals surface area contributed by atoms with Crippen LogP contribution in [0.3, 0.4) is 0 Å². The van der Waals surface area contributed by atoms with Crippen molar-refractivity contribution in [2.75, 3.05) is 6.54 Å². The first kappa shape index (κ1) is 18.6. The molecule has 2 heterocycles. The Balaban J connectivity index is 1.73. The second-order valence-electron chi connectivity index (χ2n) is 8.24. The summed E-state index contributed by atoms with van der Waals surface area (Å²) in [5.41, 5.74) is 8.06. The first-order chi connectivity index (χ1) is 13.3. The molecule has 0 aliphatic carbocycles. The van der Waals surface area contributed by atoms with Crippen LogP contribution in [0, 0.1) is 26.7 Å². The summed E-state index contributed by atoms with van der Waals surface area (Å²) >= 11 is 0. The van der Waals surface area contributed by atoms with Crippen molar-refractivity contribution >= 4 is 16.9 Å². The number of nitrogens with zero attached hydrogens (tertiary/aromatic N) is 3. The maximum atomic E-state index is 13.5. The number of rotatable bonds is 2. The zero-order chi connectivity index (χ0) is 20.0. The summed E-state index contributed by atoms with van der Waals surface area (Å²) in [6.07, 6.45) is 0.900. The summed E-state index contributed by atoms with van der Waals surface area (Å²) in [6, 6.07) is 12.4. The summed E-state index contributed by atoms with van der Waals surface area (Å²) in [6.45, 7) is 11.2. The monoisotopic (exact) mass is 373 g/mol. The average Bonchev–Trinajstić information content (AvgIpc) is 2.66. The molecule has 4 heteroatoms. The van der Waals surface area contributed by atoms with Crippen LogP contribution in [-0.2, 0) is 6.42 Å². The smallest absolute Gasteiger partial charge is 0.254 e. The lowest BCUT2D eigenvalue weighted by atomic mass is 9.85. The highest BCUT2D eigenvalue weighted by Crippen LogP contribution is 2.36. The molecule has 144 valence electrons. The lowest BCUT2D eigenvalue weighted by Gasteiger charge is -2.40. The Labute approximate surface area is 166 Å². The fraction of sp³-hybridized carbons (Fsp3) is 0.375.